The average Bonchev–Trinajstić information content (AvgIpc) is 3.25. The number of ether oxygens (including phenoxy) is 1. The van der Waals surface area contributed by atoms with Crippen molar-refractivity contribution in [2.24, 2.45) is 14.1 Å². The third-order valence-electron chi connectivity index (χ3n) is 6.02. The lowest BCUT2D eigenvalue weighted by atomic mass is 10.2. The lowest BCUT2D eigenvalue weighted by molar-refractivity contribution is -0.122. The van der Waals surface area contributed by atoms with Crippen LogP contribution in [0.15, 0.2) is 46.2 Å². The van der Waals surface area contributed by atoms with Crippen molar-refractivity contribution in [2.45, 2.75) is 32.0 Å². The first kappa shape index (κ1) is 22.9. The zero-order valence-corrected chi connectivity index (χ0v) is 19.1. The second-order valence-electron chi connectivity index (χ2n) is 8.44. The third kappa shape index (κ3) is 5.23. The van der Waals surface area contributed by atoms with E-state index in [0.717, 1.165) is 24.2 Å². The maximum absolute atomic E-state index is 12.5. The summed E-state index contributed by atoms with van der Waals surface area (Å²) in [6.45, 7) is 4.11. The number of aromatic nitrogens is 4. The van der Waals surface area contributed by atoms with Crippen molar-refractivity contribution in [2.75, 3.05) is 26.2 Å². The molecule has 1 atom stereocenters. The minimum absolute atomic E-state index is 0.0340. The van der Waals surface area contributed by atoms with E-state index < -0.39 is 5.69 Å². The monoisotopic (exact) mass is 454 g/mol. The number of nitrogens with zero attached hydrogens (tertiary/aromatic N) is 5. The first-order valence-electron chi connectivity index (χ1n) is 11.2. The summed E-state index contributed by atoms with van der Waals surface area (Å²) in [7, 11) is 3.03. The Morgan fingerprint density at radius 1 is 1.18 bits per heavy atom. The molecule has 3 aromatic rings. The zero-order chi connectivity index (χ0) is 23.4. The van der Waals surface area contributed by atoms with Gasteiger partial charge in [-0.05, 0) is 12.0 Å². The van der Waals surface area contributed by atoms with Crippen molar-refractivity contribution in [3.63, 3.8) is 0 Å². The van der Waals surface area contributed by atoms with E-state index in [1.165, 1.54) is 17.2 Å². The zero-order valence-electron chi connectivity index (χ0n) is 19.1. The second kappa shape index (κ2) is 10.1. The van der Waals surface area contributed by atoms with Crippen molar-refractivity contribution >= 4 is 17.1 Å². The molecule has 1 fully saturated rings. The highest BCUT2D eigenvalue weighted by Gasteiger charge is 2.21. The Labute approximate surface area is 191 Å². The highest BCUT2D eigenvalue weighted by atomic mass is 16.5. The van der Waals surface area contributed by atoms with Crippen molar-refractivity contribution in [3.05, 3.63) is 63.1 Å². The normalized spacial score (nSPS) is 16.8. The van der Waals surface area contributed by atoms with E-state index in [2.05, 4.69) is 27.3 Å². The Morgan fingerprint density at radius 3 is 2.76 bits per heavy atom. The fraction of sp³-hybridized carbons (Fsp3) is 0.478. The van der Waals surface area contributed by atoms with E-state index in [9.17, 15) is 14.4 Å². The Morgan fingerprint density at radius 2 is 1.97 bits per heavy atom. The van der Waals surface area contributed by atoms with Gasteiger partial charge < -0.3 is 14.6 Å². The van der Waals surface area contributed by atoms with Gasteiger partial charge in [0.2, 0.25) is 5.91 Å². The summed E-state index contributed by atoms with van der Waals surface area (Å²) in [5.41, 5.74) is 1.19. The van der Waals surface area contributed by atoms with Gasteiger partial charge in [-0.25, -0.2) is 9.78 Å². The van der Waals surface area contributed by atoms with Gasteiger partial charge in [-0.2, -0.15) is 0 Å². The van der Waals surface area contributed by atoms with Crippen molar-refractivity contribution in [1.29, 1.82) is 0 Å². The number of aryl methyl sites for hydroxylation is 2. The lowest BCUT2D eigenvalue weighted by Gasteiger charge is -2.33. The van der Waals surface area contributed by atoms with Crippen LogP contribution < -0.4 is 16.6 Å². The van der Waals surface area contributed by atoms with Crippen LogP contribution in [-0.4, -0.2) is 61.8 Å². The van der Waals surface area contributed by atoms with Crippen LogP contribution in [0.25, 0.3) is 11.2 Å². The van der Waals surface area contributed by atoms with Gasteiger partial charge in [-0.15, -0.1) is 0 Å². The van der Waals surface area contributed by atoms with Crippen LogP contribution in [0.2, 0.25) is 0 Å². The molecule has 1 saturated heterocycles. The number of carbonyl (C=O) groups excluding carboxylic acids is 1. The predicted octanol–water partition coefficient (Wildman–Crippen LogP) is 0.231. The molecule has 0 spiro atoms. The number of benzene rings is 1. The maximum atomic E-state index is 12.5. The summed E-state index contributed by atoms with van der Waals surface area (Å²) in [4.78, 5) is 43.4. The lowest BCUT2D eigenvalue weighted by Crippen LogP contribution is -2.47. The van der Waals surface area contributed by atoms with E-state index in [4.69, 9.17) is 4.74 Å². The van der Waals surface area contributed by atoms with Gasteiger partial charge in [0.15, 0.2) is 11.2 Å². The largest absolute Gasteiger partial charge is 0.374 e. The van der Waals surface area contributed by atoms with Crippen molar-refractivity contribution in [3.8, 4) is 0 Å². The molecule has 1 aliphatic heterocycles. The molecule has 10 heteroatoms. The highest BCUT2D eigenvalue weighted by molar-refractivity contribution is 5.76. The first-order chi connectivity index (χ1) is 15.9. The van der Waals surface area contributed by atoms with Crippen LogP contribution in [0.1, 0.15) is 18.4 Å². The van der Waals surface area contributed by atoms with Crippen LogP contribution >= 0.6 is 0 Å². The van der Waals surface area contributed by atoms with Gasteiger partial charge >= 0.3 is 5.69 Å². The molecule has 176 valence electrons. The number of hydrogen-bond donors (Lipinski definition) is 1. The standard InChI is InChI=1S/C23H30N6O4/c1-26-21-20(22(31)27(2)23(26)32)29(16-25-21)10-6-9-19(30)24-13-18-15-28(11-12-33-18)14-17-7-4-3-5-8-17/h3-5,7-8,16,18H,6,9-15H2,1-2H3,(H,24,30). The van der Waals surface area contributed by atoms with E-state index >= 15 is 0 Å². The molecule has 1 amide bonds. The summed E-state index contributed by atoms with van der Waals surface area (Å²) >= 11 is 0. The Bertz CT molecular complexity index is 1230. The first-order valence-corrected chi connectivity index (χ1v) is 11.2. The molecule has 0 aliphatic carbocycles. The molecule has 2 aromatic heterocycles. The van der Waals surface area contributed by atoms with Crippen molar-refractivity contribution < 1.29 is 9.53 Å². The summed E-state index contributed by atoms with van der Waals surface area (Å²) in [6.07, 6.45) is 2.38. The Kier molecular flexibility index (Phi) is 7.05. The molecule has 1 aliphatic rings. The summed E-state index contributed by atoms with van der Waals surface area (Å²) < 4.78 is 9.94. The number of carbonyl (C=O) groups is 1. The van der Waals surface area contributed by atoms with Crippen LogP contribution in [0.4, 0.5) is 0 Å². The molecule has 3 heterocycles. The van der Waals surface area contributed by atoms with Crippen LogP contribution in [0.3, 0.4) is 0 Å². The molecular weight excluding hydrogens is 424 g/mol. The smallest absolute Gasteiger partial charge is 0.332 e. The van der Waals surface area contributed by atoms with E-state index in [0.29, 0.717) is 43.7 Å². The SMILES string of the molecule is Cn1c(=O)c2c(ncn2CCCC(=O)NCC2CN(Cc3ccccc3)CCO2)n(C)c1=O. The van der Waals surface area contributed by atoms with E-state index in [1.54, 1.807) is 17.9 Å². The fourth-order valence-electron chi connectivity index (χ4n) is 4.18. The molecule has 4 rings (SSSR count). The van der Waals surface area contributed by atoms with Gasteiger partial charge in [0, 0.05) is 53.2 Å². The second-order valence-corrected chi connectivity index (χ2v) is 8.44. The number of fused-ring (bicyclic) bond motifs is 1. The minimum atomic E-state index is -0.413. The van der Waals surface area contributed by atoms with Gasteiger partial charge in [0.25, 0.3) is 5.56 Å². The van der Waals surface area contributed by atoms with Crippen LogP contribution in [-0.2, 0) is 36.7 Å². The number of morpholine rings is 1. The van der Waals surface area contributed by atoms with Gasteiger partial charge in [0.1, 0.15) is 0 Å². The summed E-state index contributed by atoms with van der Waals surface area (Å²) in [5, 5.41) is 2.96. The molecular formula is C23H30N6O4. The van der Waals surface area contributed by atoms with Crippen LogP contribution in [0.5, 0.6) is 0 Å². The maximum Gasteiger partial charge on any atom is 0.332 e. The van der Waals surface area contributed by atoms with E-state index in [-0.39, 0.29) is 17.6 Å². The van der Waals surface area contributed by atoms with Gasteiger partial charge in [-0.3, -0.25) is 23.6 Å². The molecule has 10 nitrogen and oxygen atoms in total. The number of hydrogen-bond acceptors (Lipinski definition) is 6. The number of imidazole rings is 1. The Hall–Kier alpha value is -3.24. The van der Waals surface area contributed by atoms with Crippen LogP contribution in [0, 0.1) is 0 Å². The summed E-state index contributed by atoms with van der Waals surface area (Å²) in [5.74, 6) is -0.0523. The Balaban J connectivity index is 1.25. The number of rotatable bonds is 8. The third-order valence-corrected chi connectivity index (χ3v) is 6.02. The average molecular weight is 455 g/mol. The topological polar surface area (TPSA) is 103 Å². The van der Waals surface area contributed by atoms with E-state index in [1.807, 2.05) is 18.2 Å². The molecule has 0 radical (unpaired) electrons. The summed E-state index contributed by atoms with van der Waals surface area (Å²) in [6, 6.07) is 10.3. The molecule has 0 bridgehead atoms. The molecule has 1 N–H and O–H groups in total. The molecule has 1 unspecified atom stereocenters. The van der Waals surface area contributed by atoms with Gasteiger partial charge in [-0.1, -0.05) is 30.3 Å². The quantitative estimate of drug-likeness (QED) is 0.523. The highest BCUT2D eigenvalue weighted by Crippen LogP contribution is 2.11. The van der Waals surface area contributed by atoms with Crippen molar-refractivity contribution in [1.82, 2.24) is 28.9 Å². The molecule has 0 saturated carbocycles. The number of amides is 1. The number of nitrogens with one attached hydrogen (secondary N) is 1. The fourth-order valence-corrected chi connectivity index (χ4v) is 4.18. The molecule has 1 aromatic carbocycles. The van der Waals surface area contributed by atoms with Gasteiger partial charge in [0.05, 0.1) is 19.0 Å². The predicted molar refractivity (Wildman–Crippen MR) is 124 cm³/mol. The minimum Gasteiger partial charge on any atom is -0.374 e. The molecule has 33 heavy (non-hydrogen) atoms.